The first-order chi connectivity index (χ1) is 9.83. The number of hydrogen-bond donors (Lipinski definition) is 1. The third kappa shape index (κ3) is 4.25. The maximum Gasteiger partial charge on any atom is 0.124 e. The van der Waals surface area contributed by atoms with Crippen LogP contribution in [0, 0.1) is 0 Å². The number of hydrogen-bond acceptors (Lipinski definition) is 4. The highest BCUT2D eigenvalue weighted by atomic mass is 32.1. The molecule has 0 spiro atoms. The number of rotatable bonds is 8. The summed E-state index contributed by atoms with van der Waals surface area (Å²) in [5.74, 6) is 1.78. The summed E-state index contributed by atoms with van der Waals surface area (Å²) < 4.78 is 11.2. The van der Waals surface area contributed by atoms with Crippen LogP contribution >= 0.6 is 11.3 Å². The van der Waals surface area contributed by atoms with Crippen molar-refractivity contribution in [2.24, 2.45) is 0 Å². The quantitative estimate of drug-likeness (QED) is 0.750. The Hall–Kier alpha value is -1.52. The van der Waals surface area contributed by atoms with E-state index >= 15 is 0 Å². The molecule has 108 valence electrons. The minimum atomic E-state index is 0.608. The standard InChI is InChI=1S/C16H21NO2S/c1-3-7-17-10-14-9-15(18-2)4-5-16(14)19-11-13-6-8-20-12-13/h4-6,8-9,12,17H,3,7,10-11H2,1-2H3. The van der Waals surface area contributed by atoms with Crippen LogP contribution in [0.1, 0.15) is 24.5 Å². The van der Waals surface area contributed by atoms with Crippen LogP contribution in [-0.2, 0) is 13.2 Å². The van der Waals surface area contributed by atoms with E-state index in [4.69, 9.17) is 9.47 Å². The molecular weight excluding hydrogens is 270 g/mol. The van der Waals surface area contributed by atoms with E-state index in [9.17, 15) is 0 Å². The fourth-order valence-electron chi connectivity index (χ4n) is 1.90. The van der Waals surface area contributed by atoms with Crippen LogP contribution in [0.4, 0.5) is 0 Å². The number of benzene rings is 1. The maximum atomic E-state index is 5.92. The summed E-state index contributed by atoms with van der Waals surface area (Å²) >= 11 is 1.69. The first-order valence-electron chi connectivity index (χ1n) is 6.85. The molecule has 0 saturated heterocycles. The summed E-state index contributed by atoms with van der Waals surface area (Å²) in [6.07, 6.45) is 1.12. The molecule has 1 heterocycles. The molecule has 0 amide bonds. The van der Waals surface area contributed by atoms with Gasteiger partial charge in [0.1, 0.15) is 18.1 Å². The van der Waals surface area contributed by atoms with Crippen LogP contribution in [0.2, 0.25) is 0 Å². The fourth-order valence-corrected chi connectivity index (χ4v) is 2.55. The molecule has 20 heavy (non-hydrogen) atoms. The van der Waals surface area contributed by atoms with Crippen molar-refractivity contribution in [3.8, 4) is 11.5 Å². The van der Waals surface area contributed by atoms with Crippen molar-refractivity contribution in [1.82, 2.24) is 5.32 Å². The number of thiophene rings is 1. The van der Waals surface area contributed by atoms with Crippen molar-refractivity contribution in [2.45, 2.75) is 26.5 Å². The summed E-state index contributed by atoms with van der Waals surface area (Å²) in [5, 5.41) is 7.58. The molecule has 0 aliphatic carbocycles. The second-order valence-electron chi connectivity index (χ2n) is 4.57. The Bertz CT molecular complexity index is 511. The van der Waals surface area contributed by atoms with E-state index < -0.39 is 0 Å². The predicted octanol–water partition coefficient (Wildman–Crippen LogP) is 3.84. The van der Waals surface area contributed by atoms with E-state index in [2.05, 4.69) is 29.1 Å². The highest BCUT2D eigenvalue weighted by Crippen LogP contribution is 2.25. The lowest BCUT2D eigenvalue weighted by molar-refractivity contribution is 0.301. The third-order valence-electron chi connectivity index (χ3n) is 2.98. The Morgan fingerprint density at radius 3 is 2.85 bits per heavy atom. The Labute approximate surface area is 124 Å². The minimum absolute atomic E-state index is 0.608. The van der Waals surface area contributed by atoms with Gasteiger partial charge in [-0.3, -0.25) is 0 Å². The molecule has 1 aromatic heterocycles. The highest BCUT2D eigenvalue weighted by Gasteiger charge is 2.06. The van der Waals surface area contributed by atoms with Crippen LogP contribution in [0.25, 0.3) is 0 Å². The molecule has 0 radical (unpaired) electrons. The van der Waals surface area contributed by atoms with Gasteiger partial charge in [0.2, 0.25) is 0 Å². The van der Waals surface area contributed by atoms with Crippen LogP contribution in [0.15, 0.2) is 35.0 Å². The SMILES string of the molecule is CCCNCc1cc(OC)ccc1OCc1ccsc1. The van der Waals surface area contributed by atoms with E-state index in [0.717, 1.165) is 36.6 Å². The smallest absolute Gasteiger partial charge is 0.124 e. The number of ether oxygens (including phenoxy) is 2. The van der Waals surface area contributed by atoms with Gasteiger partial charge in [-0.2, -0.15) is 11.3 Å². The normalized spacial score (nSPS) is 10.5. The van der Waals surface area contributed by atoms with Gasteiger partial charge in [0.15, 0.2) is 0 Å². The summed E-state index contributed by atoms with van der Waals surface area (Å²) in [5.41, 5.74) is 2.34. The molecule has 2 rings (SSSR count). The van der Waals surface area contributed by atoms with E-state index in [1.54, 1.807) is 18.4 Å². The highest BCUT2D eigenvalue weighted by molar-refractivity contribution is 7.07. The summed E-state index contributed by atoms with van der Waals surface area (Å²) in [7, 11) is 1.68. The number of methoxy groups -OCH3 is 1. The van der Waals surface area contributed by atoms with Gasteiger partial charge >= 0.3 is 0 Å². The summed E-state index contributed by atoms with van der Waals surface area (Å²) in [6, 6.07) is 8.04. The zero-order valence-electron chi connectivity index (χ0n) is 12.0. The number of nitrogens with one attached hydrogen (secondary N) is 1. The van der Waals surface area contributed by atoms with Gasteiger partial charge in [-0.1, -0.05) is 6.92 Å². The van der Waals surface area contributed by atoms with Gasteiger partial charge in [0.25, 0.3) is 0 Å². The molecule has 0 aliphatic heterocycles. The average Bonchev–Trinajstić information content (AvgIpc) is 2.99. The molecule has 3 nitrogen and oxygen atoms in total. The van der Waals surface area contributed by atoms with Gasteiger partial charge in [-0.05, 0) is 53.6 Å². The molecule has 0 atom stereocenters. The Morgan fingerprint density at radius 2 is 2.15 bits per heavy atom. The van der Waals surface area contributed by atoms with Gasteiger partial charge in [0, 0.05) is 12.1 Å². The monoisotopic (exact) mass is 291 g/mol. The summed E-state index contributed by atoms with van der Waals surface area (Å²) in [4.78, 5) is 0. The molecular formula is C16H21NO2S. The third-order valence-corrected chi connectivity index (χ3v) is 3.72. The zero-order chi connectivity index (χ0) is 14.2. The molecule has 0 unspecified atom stereocenters. The Kier molecular flexibility index (Phi) is 5.89. The van der Waals surface area contributed by atoms with Crippen LogP contribution in [0.5, 0.6) is 11.5 Å². The van der Waals surface area contributed by atoms with Crippen molar-refractivity contribution in [3.05, 3.63) is 46.2 Å². The first kappa shape index (κ1) is 14.9. The lowest BCUT2D eigenvalue weighted by atomic mass is 10.2. The molecule has 0 fully saturated rings. The molecule has 1 aromatic carbocycles. The van der Waals surface area contributed by atoms with Crippen LogP contribution in [-0.4, -0.2) is 13.7 Å². The van der Waals surface area contributed by atoms with E-state index in [-0.39, 0.29) is 0 Å². The molecule has 1 N–H and O–H groups in total. The molecule has 0 saturated carbocycles. The molecule has 0 aliphatic rings. The van der Waals surface area contributed by atoms with Gasteiger partial charge < -0.3 is 14.8 Å². The maximum absolute atomic E-state index is 5.92. The van der Waals surface area contributed by atoms with Crippen molar-refractivity contribution in [1.29, 1.82) is 0 Å². The van der Waals surface area contributed by atoms with Gasteiger partial charge in [-0.15, -0.1) is 0 Å². The minimum Gasteiger partial charge on any atom is -0.497 e. The largest absolute Gasteiger partial charge is 0.497 e. The second-order valence-corrected chi connectivity index (χ2v) is 5.35. The average molecular weight is 291 g/mol. The fraction of sp³-hybridized carbons (Fsp3) is 0.375. The van der Waals surface area contributed by atoms with Crippen LogP contribution < -0.4 is 14.8 Å². The van der Waals surface area contributed by atoms with Crippen molar-refractivity contribution in [3.63, 3.8) is 0 Å². The topological polar surface area (TPSA) is 30.5 Å². The van der Waals surface area contributed by atoms with Crippen molar-refractivity contribution < 1.29 is 9.47 Å². The van der Waals surface area contributed by atoms with E-state index in [1.165, 1.54) is 5.56 Å². The Balaban J connectivity index is 2.04. The zero-order valence-corrected chi connectivity index (χ0v) is 12.8. The molecule has 2 aromatic rings. The Morgan fingerprint density at radius 1 is 1.25 bits per heavy atom. The first-order valence-corrected chi connectivity index (χ1v) is 7.79. The predicted molar refractivity (Wildman–Crippen MR) is 83.6 cm³/mol. The van der Waals surface area contributed by atoms with Crippen LogP contribution in [0.3, 0.4) is 0 Å². The van der Waals surface area contributed by atoms with E-state index in [1.807, 2.05) is 18.2 Å². The molecule has 4 heteroatoms. The lowest BCUT2D eigenvalue weighted by Crippen LogP contribution is -2.14. The summed E-state index contributed by atoms with van der Waals surface area (Å²) in [6.45, 7) is 4.56. The van der Waals surface area contributed by atoms with Gasteiger partial charge in [0.05, 0.1) is 7.11 Å². The second kappa shape index (κ2) is 7.92. The van der Waals surface area contributed by atoms with E-state index in [0.29, 0.717) is 6.61 Å². The van der Waals surface area contributed by atoms with Gasteiger partial charge in [-0.25, -0.2) is 0 Å². The lowest BCUT2D eigenvalue weighted by Gasteiger charge is -2.13. The van der Waals surface area contributed by atoms with Crippen molar-refractivity contribution >= 4 is 11.3 Å². The van der Waals surface area contributed by atoms with Crippen molar-refractivity contribution in [2.75, 3.05) is 13.7 Å². The molecule has 0 bridgehead atoms.